The number of carbonyl (C=O) groups is 2. The number of nitrogens with zero attached hydrogens (tertiary/aromatic N) is 3. The lowest BCUT2D eigenvalue weighted by molar-refractivity contribution is -0.148. The van der Waals surface area contributed by atoms with Crippen LogP contribution in [0.5, 0.6) is 23.5 Å². The topological polar surface area (TPSA) is 132 Å². The summed E-state index contributed by atoms with van der Waals surface area (Å²) in [5, 5.41) is 13.6. The summed E-state index contributed by atoms with van der Waals surface area (Å²) < 4.78 is 21.7. The number of benzene rings is 3. The molecule has 41 heavy (non-hydrogen) atoms. The van der Waals surface area contributed by atoms with Crippen LogP contribution in [0.2, 0.25) is 0 Å². The zero-order valence-electron chi connectivity index (χ0n) is 23.0. The molecule has 0 radical (unpaired) electrons. The predicted octanol–water partition coefficient (Wildman–Crippen LogP) is 4.12. The molecule has 1 atom stereocenters. The summed E-state index contributed by atoms with van der Waals surface area (Å²) in [7, 11) is 5.92. The molecule has 0 bridgehead atoms. The SMILES string of the molecule is COc1ccc(N(C)C(=O)NC(c2ccccc2)(c2ccccc2)C(Oc2nc(OC)cc(OC)n2)C(=O)O)cc1. The Morgan fingerprint density at radius 2 is 1.32 bits per heavy atom. The molecule has 3 aromatic carbocycles. The van der Waals surface area contributed by atoms with Crippen LogP contribution in [0.4, 0.5) is 10.5 Å². The van der Waals surface area contributed by atoms with Crippen LogP contribution in [0, 0.1) is 0 Å². The number of hydrogen-bond donors (Lipinski definition) is 2. The van der Waals surface area contributed by atoms with Gasteiger partial charge in [-0.25, -0.2) is 9.59 Å². The van der Waals surface area contributed by atoms with Crippen LogP contribution >= 0.6 is 0 Å². The summed E-state index contributed by atoms with van der Waals surface area (Å²) in [6.07, 6.45) is -1.75. The Labute approximate surface area is 237 Å². The van der Waals surface area contributed by atoms with E-state index >= 15 is 0 Å². The highest BCUT2D eigenvalue weighted by Crippen LogP contribution is 2.36. The van der Waals surface area contributed by atoms with Crippen LogP contribution in [0.3, 0.4) is 0 Å². The second kappa shape index (κ2) is 12.7. The van der Waals surface area contributed by atoms with E-state index in [1.807, 2.05) is 0 Å². The summed E-state index contributed by atoms with van der Waals surface area (Å²) in [5.74, 6) is -0.553. The maximum Gasteiger partial charge on any atom is 0.348 e. The zero-order valence-corrected chi connectivity index (χ0v) is 23.0. The molecule has 0 aliphatic carbocycles. The van der Waals surface area contributed by atoms with Crippen molar-refractivity contribution in [1.82, 2.24) is 15.3 Å². The standard InChI is InChI=1S/C30H30N4O7/c1-34(22-15-17-23(38-2)18-16-22)29(37)33-30(20-11-7-5-8-12-20,21-13-9-6-10-14-21)26(27(35)36)41-28-31-24(39-3)19-25(32-28)40-4/h5-19,26H,1-4H3,(H,33,37)(H,35,36). The lowest BCUT2D eigenvalue weighted by atomic mass is 9.78. The molecule has 2 amide bonds. The van der Waals surface area contributed by atoms with Crippen molar-refractivity contribution >= 4 is 17.7 Å². The third-order valence-corrected chi connectivity index (χ3v) is 6.44. The number of amides is 2. The Balaban J connectivity index is 1.89. The number of anilines is 1. The van der Waals surface area contributed by atoms with Crippen molar-refractivity contribution in [3.8, 4) is 23.5 Å². The Kier molecular flexibility index (Phi) is 8.88. The number of carbonyl (C=O) groups excluding carboxylic acids is 1. The fraction of sp³-hybridized carbons (Fsp3) is 0.200. The summed E-state index contributed by atoms with van der Waals surface area (Å²) in [6, 6.07) is 24.8. The summed E-state index contributed by atoms with van der Waals surface area (Å²) in [4.78, 5) is 36.7. The van der Waals surface area contributed by atoms with Gasteiger partial charge in [0, 0.05) is 12.7 Å². The van der Waals surface area contributed by atoms with Gasteiger partial charge in [-0.1, -0.05) is 60.7 Å². The van der Waals surface area contributed by atoms with Gasteiger partial charge in [0.05, 0.1) is 27.4 Å². The normalized spacial score (nSPS) is 11.6. The number of carboxylic acid groups (broad SMARTS) is 1. The van der Waals surface area contributed by atoms with Crippen molar-refractivity contribution in [3.05, 3.63) is 102 Å². The molecule has 11 nitrogen and oxygen atoms in total. The van der Waals surface area contributed by atoms with E-state index in [0.29, 0.717) is 22.6 Å². The van der Waals surface area contributed by atoms with Crippen LogP contribution in [-0.2, 0) is 10.3 Å². The number of carboxylic acids is 1. The van der Waals surface area contributed by atoms with E-state index in [0.717, 1.165) is 0 Å². The molecule has 0 aliphatic heterocycles. The summed E-state index contributed by atoms with van der Waals surface area (Å²) in [5.41, 5.74) is -0.312. The lowest BCUT2D eigenvalue weighted by Crippen LogP contribution is -2.61. The molecule has 4 aromatic rings. The van der Waals surface area contributed by atoms with Gasteiger partial charge < -0.3 is 29.4 Å². The van der Waals surface area contributed by atoms with Crippen molar-refractivity contribution in [1.29, 1.82) is 0 Å². The van der Waals surface area contributed by atoms with Gasteiger partial charge in [0.15, 0.2) is 0 Å². The fourth-order valence-corrected chi connectivity index (χ4v) is 4.33. The van der Waals surface area contributed by atoms with E-state index in [-0.39, 0.29) is 17.8 Å². The average molecular weight is 559 g/mol. The molecule has 1 unspecified atom stereocenters. The smallest absolute Gasteiger partial charge is 0.348 e. The van der Waals surface area contributed by atoms with E-state index in [1.54, 1.807) is 99.1 Å². The van der Waals surface area contributed by atoms with Crippen LogP contribution in [-0.4, -0.2) is 61.6 Å². The molecule has 1 aromatic heterocycles. The first-order valence-electron chi connectivity index (χ1n) is 12.5. The van der Waals surface area contributed by atoms with E-state index in [2.05, 4.69) is 15.3 Å². The minimum Gasteiger partial charge on any atom is -0.497 e. The molecule has 11 heteroatoms. The Morgan fingerprint density at radius 1 is 0.805 bits per heavy atom. The molecule has 0 saturated heterocycles. The van der Waals surface area contributed by atoms with Crippen LogP contribution < -0.4 is 29.2 Å². The molecule has 0 saturated carbocycles. The molecule has 0 fully saturated rings. The van der Waals surface area contributed by atoms with Gasteiger partial charge in [-0.05, 0) is 35.4 Å². The number of hydrogen-bond acceptors (Lipinski definition) is 8. The highest BCUT2D eigenvalue weighted by atomic mass is 16.5. The zero-order chi connectivity index (χ0) is 29.4. The van der Waals surface area contributed by atoms with E-state index in [1.165, 1.54) is 25.2 Å². The highest BCUT2D eigenvalue weighted by molar-refractivity contribution is 5.93. The van der Waals surface area contributed by atoms with Gasteiger partial charge in [-0.15, -0.1) is 0 Å². The maximum absolute atomic E-state index is 13.9. The number of aliphatic carboxylic acids is 1. The van der Waals surface area contributed by atoms with Gasteiger partial charge in [-0.2, -0.15) is 9.97 Å². The van der Waals surface area contributed by atoms with Gasteiger partial charge in [0.25, 0.3) is 0 Å². The Bertz CT molecular complexity index is 1410. The number of nitrogens with one attached hydrogen (secondary N) is 1. The minimum atomic E-state index is -1.76. The number of aromatic nitrogens is 2. The molecule has 2 N–H and O–H groups in total. The third-order valence-electron chi connectivity index (χ3n) is 6.44. The summed E-state index contributed by atoms with van der Waals surface area (Å²) >= 11 is 0. The van der Waals surface area contributed by atoms with Gasteiger partial charge in [0.1, 0.15) is 11.3 Å². The number of methoxy groups -OCH3 is 3. The monoisotopic (exact) mass is 558 g/mol. The maximum atomic E-state index is 13.9. The number of rotatable bonds is 11. The highest BCUT2D eigenvalue weighted by Gasteiger charge is 2.50. The third kappa shape index (κ3) is 6.14. The molecule has 4 rings (SSSR count). The Hall–Kier alpha value is -5.32. The Morgan fingerprint density at radius 3 is 1.76 bits per heavy atom. The van der Waals surface area contributed by atoms with Crippen molar-refractivity contribution < 1.29 is 33.6 Å². The van der Waals surface area contributed by atoms with Gasteiger partial charge in [-0.3, -0.25) is 4.90 Å². The second-order valence-electron chi connectivity index (χ2n) is 8.80. The van der Waals surface area contributed by atoms with Crippen molar-refractivity contribution in [2.75, 3.05) is 33.3 Å². The van der Waals surface area contributed by atoms with Crippen molar-refractivity contribution in [3.63, 3.8) is 0 Å². The van der Waals surface area contributed by atoms with Gasteiger partial charge in [0.2, 0.25) is 17.9 Å². The average Bonchev–Trinajstić information content (AvgIpc) is 3.02. The molecule has 0 spiro atoms. The largest absolute Gasteiger partial charge is 0.497 e. The first-order valence-corrected chi connectivity index (χ1v) is 12.5. The van der Waals surface area contributed by atoms with Gasteiger partial charge >= 0.3 is 18.0 Å². The summed E-state index contributed by atoms with van der Waals surface area (Å²) in [6.45, 7) is 0. The molecular weight excluding hydrogens is 528 g/mol. The first kappa shape index (κ1) is 28.7. The van der Waals surface area contributed by atoms with E-state index in [4.69, 9.17) is 18.9 Å². The lowest BCUT2D eigenvalue weighted by Gasteiger charge is -2.40. The molecule has 212 valence electrons. The molecular formula is C30H30N4O7. The number of ether oxygens (including phenoxy) is 4. The molecule has 1 heterocycles. The van der Waals surface area contributed by atoms with Crippen LogP contribution in [0.1, 0.15) is 11.1 Å². The molecule has 0 aliphatic rings. The van der Waals surface area contributed by atoms with E-state index in [9.17, 15) is 14.7 Å². The van der Waals surface area contributed by atoms with E-state index < -0.39 is 23.6 Å². The van der Waals surface area contributed by atoms with Crippen molar-refractivity contribution in [2.24, 2.45) is 0 Å². The van der Waals surface area contributed by atoms with Crippen LogP contribution in [0.25, 0.3) is 0 Å². The quantitative estimate of drug-likeness (QED) is 0.279. The van der Waals surface area contributed by atoms with Crippen LogP contribution in [0.15, 0.2) is 91.0 Å². The fourth-order valence-electron chi connectivity index (χ4n) is 4.33. The van der Waals surface area contributed by atoms with Crippen molar-refractivity contribution in [2.45, 2.75) is 11.6 Å². The predicted molar refractivity (Wildman–Crippen MR) is 151 cm³/mol. The second-order valence-corrected chi connectivity index (χ2v) is 8.80. The first-order chi connectivity index (χ1) is 19.8. The number of urea groups is 1. The minimum absolute atomic E-state index is 0.101.